The van der Waals surface area contributed by atoms with Crippen molar-refractivity contribution in [2.75, 3.05) is 26.7 Å². The van der Waals surface area contributed by atoms with Crippen molar-refractivity contribution in [3.05, 3.63) is 52.6 Å². The number of nitro groups is 1. The molecule has 1 fully saturated rings. The molecule has 1 aromatic carbocycles. The number of nitro benzene ring substituents is 1. The summed E-state index contributed by atoms with van der Waals surface area (Å²) < 4.78 is 1.57. The fourth-order valence-electron chi connectivity index (χ4n) is 3.23. The van der Waals surface area contributed by atoms with Gasteiger partial charge in [-0.1, -0.05) is 0 Å². The number of imidazole rings is 1. The van der Waals surface area contributed by atoms with Crippen LogP contribution in [0.25, 0.3) is 5.69 Å². The predicted molar refractivity (Wildman–Crippen MR) is 107 cm³/mol. The summed E-state index contributed by atoms with van der Waals surface area (Å²) in [5, 5.41) is 14.6. The molecular formula is C17H23Cl2N5O3. The molecule has 1 aliphatic heterocycles. The number of hydrogen-bond donors (Lipinski definition) is 1. The number of aromatic nitrogens is 2. The summed E-state index contributed by atoms with van der Waals surface area (Å²) in [5.74, 6) is 0.426. The van der Waals surface area contributed by atoms with Crippen LogP contribution in [0.4, 0.5) is 5.69 Å². The molecule has 0 unspecified atom stereocenters. The second-order valence-electron chi connectivity index (χ2n) is 6.22. The van der Waals surface area contributed by atoms with E-state index in [1.807, 2.05) is 7.05 Å². The van der Waals surface area contributed by atoms with Gasteiger partial charge in [-0.25, -0.2) is 4.98 Å². The molecule has 1 amide bonds. The fourth-order valence-corrected chi connectivity index (χ4v) is 3.23. The molecule has 148 valence electrons. The highest BCUT2D eigenvalue weighted by atomic mass is 35.5. The molecule has 2 aromatic rings. The van der Waals surface area contributed by atoms with Crippen LogP contribution in [0.2, 0.25) is 0 Å². The van der Waals surface area contributed by atoms with Gasteiger partial charge in [0, 0.05) is 37.1 Å². The molecule has 1 aliphatic rings. The van der Waals surface area contributed by atoms with Gasteiger partial charge in [-0.15, -0.1) is 24.8 Å². The minimum atomic E-state index is -0.467. The van der Waals surface area contributed by atoms with Crippen LogP contribution in [0.5, 0.6) is 0 Å². The van der Waals surface area contributed by atoms with Gasteiger partial charge in [0.1, 0.15) is 5.69 Å². The zero-order chi connectivity index (χ0) is 17.8. The molecule has 10 heteroatoms. The molecule has 8 nitrogen and oxygen atoms in total. The van der Waals surface area contributed by atoms with E-state index in [2.05, 4.69) is 10.3 Å². The third-order valence-corrected chi connectivity index (χ3v) is 4.60. The monoisotopic (exact) mass is 415 g/mol. The second kappa shape index (κ2) is 10.2. The Bertz CT molecular complexity index is 762. The van der Waals surface area contributed by atoms with Gasteiger partial charge in [-0.2, -0.15) is 0 Å². The van der Waals surface area contributed by atoms with E-state index in [9.17, 15) is 14.9 Å². The van der Waals surface area contributed by atoms with Crippen molar-refractivity contribution in [3.8, 4) is 5.69 Å². The van der Waals surface area contributed by atoms with Crippen molar-refractivity contribution < 1.29 is 9.72 Å². The maximum Gasteiger partial charge on any atom is 0.294 e. The Kier molecular flexibility index (Phi) is 8.68. The van der Waals surface area contributed by atoms with E-state index in [0.29, 0.717) is 30.3 Å². The molecule has 0 radical (unpaired) electrons. The lowest BCUT2D eigenvalue weighted by molar-refractivity contribution is -0.384. The van der Waals surface area contributed by atoms with Crippen molar-refractivity contribution in [3.63, 3.8) is 0 Å². The average Bonchev–Trinajstić information content (AvgIpc) is 3.16. The molecule has 3 rings (SSSR count). The van der Waals surface area contributed by atoms with Gasteiger partial charge in [-0.05, 0) is 44.5 Å². The molecule has 1 aromatic heterocycles. The summed E-state index contributed by atoms with van der Waals surface area (Å²) in [6.45, 7) is 2.32. The number of rotatable bonds is 5. The van der Waals surface area contributed by atoms with Gasteiger partial charge in [-0.3, -0.25) is 14.9 Å². The summed E-state index contributed by atoms with van der Waals surface area (Å²) >= 11 is 0. The van der Waals surface area contributed by atoms with Crippen molar-refractivity contribution >= 4 is 36.4 Å². The number of amides is 1. The van der Waals surface area contributed by atoms with Gasteiger partial charge in [0.05, 0.1) is 11.3 Å². The van der Waals surface area contributed by atoms with Crippen molar-refractivity contribution in [2.24, 2.45) is 5.92 Å². The number of likely N-dealkylation sites (tertiary alicyclic amines) is 1. The minimum Gasteiger partial charge on any atom is -0.339 e. The van der Waals surface area contributed by atoms with Crippen LogP contribution in [-0.2, 0) is 0 Å². The number of carbonyl (C=O) groups is 1. The number of nitrogens with one attached hydrogen (secondary N) is 1. The van der Waals surface area contributed by atoms with Crippen molar-refractivity contribution in [1.29, 1.82) is 0 Å². The van der Waals surface area contributed by atoms with Gasteiger partial charge in [0.2, 0.25) is 0 Å². The van der Waals surface area contributed by atoms with Crippen LogP contribution in [0.1, 0.15) is 23.2 Å². The number of carbonyl (C=O) groups excluding carboxylic acids is 1. The van der Waals surface area contributed by atoms with E-state index in [1.165, 1.54) is 12.4 Å². The molecule has 1 N–H and O–H groups in total. The Morgan fingerprint density at radius 2 is 2.04 bits per heavy atom. The molecule has 1 saturated heterocycles. The molecule has 0 aliphatic carbocycles. The number of nitrogens with zero attached hydrogens (tertiary/aromatic N) is 4. The summed E-state index contributed by atoms with van der Waals surface area (Å²) in [7, 11) is 1.93. The maximum absolute atomic E-state index is 12.7. The lowest BCUT2D eigenvalue weighted by atomic mass is 9.96. The van der Waals surface area contributed by atoms with Crippen LogP contribution in [0.3, 0.4) is 0 Å². The van der Waals surface area contributed by atoms with E-state index >= 15 is 0 Å². The first-order valence-corrected chi connectivity index (χ1v) is 8.31. The number of hydrogen-bond acceptors (Lipinski definition) is 5. The Labute approximate surface area is 169 Å². The first-order chi connectivity index (χ1) is 12.1. The molecule has 0 spiro atoms. The summed E-state index contributed by atoms with van der Waals surface area (Å²) in [6, 6.07) is 4.60. The Balaban J connectivity index is 0.00000182. The Morgan fingerprint density at radius 3 is 2.59 bits per heavy atom. The molecular weight excluding hydrogens is 393 g/mol. The number of benzene rings is 1. The largest absolute Gasteiger partial charge is 0.339 e. The van der Waals surface area contributed by atoms with Gasteiger partial charge in [0.25, 0.3) is 11.6 Å². The van der Waals surface area contributed by atoms with Crippen LogP contribution < -0.4 is 5.32 Å². The summed E-state index contributed by atoms with van der Waals surface area (Å²) in [6.07, 6.45) is 6.58. The van der Waals surface area contributed by atoms with E-state index in [4.69, 9.17) is 0 Å². The number of halogens is 2. The highest BCUT2D eigenvalue weighted by molar-refractivity contribution is 5.95. The van der Waals surface area contributed by atoms with Crippen LogP contribution >= 0.6 is 24.8 Å². The lowest BCUT2D eigenvalue weighted by Crippen LogP contribution is -2.40. The molecule has 27 heavy (non-hydrogen) atoms. The zero-order valence-corrected chi connectivity index (χ0v) is 16.5. The normalized spacial score (nSPS) is 14.2. The van der Waals surface area contributed by atoms with Crippen molar-refractivity contribution in [1.82, 2.24) is 19.8 Å². The zero-order valence-electron chi connectivity index (χ0n) is 14.9. The van der Waals surface area contributed by atoms with Crippen LogP contribution in [-0.4, -0.2) is 52.0 Å². The van der Waals surface area contributed by atoms with Crippen LogP contribution in [0, 0.1) is 16.0 Å². The van der Waals surface area contributed by atoms with E-state index in [0.717, 1.165) is 19.4 Å². The van der Waals surface area contributed by atoms with E-state index in [-0.39, 0.29) is 36.4 Å². The quantitative estimate of drug-likeness (QED) is 0.598. The van der Waals surface area contributed by atoms with Crippen LogP contribution in [0.15, 0.2) is 36.9 Å². The Hall–Kier alpha value is -2.16. The molecule has 2 heterocycles. The topological polar surface area (TPSA) is 93.3 Å². The third-order valence-electron chi connectivity index (χ3n) is 4.60. The highest BCUT2D eigenvalue weighted by Gasteiger charge is 2.25. The predicted octanol–water partition coefficient (Wildman–Crippen LogP) is 2.70. The third kappa shape index (κ3) is 5.18. The second-order valence-corrected chi connectivity index (χ2v) is 6.22. The first kappa shape index (κ1) is 22.9. The molecule has 0 bridgehead atoms. The van der Waals surface area contributed by atoms with Gasteiger partial charge >= 0.3 is 0 Å². The first-order valence-electron chi connectivity index (χ1n) is 8.31. The SMILES string of the molecule is CNCC1CCN(C(=O)c2ccc(-n3ccnc3)c([N+](=O)[O-])c2)CC1.Cl.Cl. The summed E-state index contributed by atoms with van der Waals surface area (Å²) in [5.41, 5.74) is 0.642. The molecule has 0 saturated carbocycles. The average molecular weight is 416 g/mol. The van der Waals surface area contributed by atoms with Gasteiger partial charge < -0.3 is 14.8 Å². The van der Waals surface area contributed by atoms with Crippen molar-refractivity contribution in [2.45, 2.75) is 12.8 Å². The molecule has 0 atom stereocenters. The fraction of sp³-hybridized carbons (Fsp3) is 0.412. The minimum absolute atomic E-state index is 0. The maximum atomic E-state index is 12.7. The summed E-state index contributed by atoms with van der Waals surface area (Å²) in [4.78, 5) is 29.4. The standard InChI is InChI=1S/C17H21N5O3.2ClH/c1-18-11-13-4-7-20(8-5-13)17(23)14-2-3-15(16(10-14)22(24)25)21-9-6-19-12-21;;/h2-3,6,9-10,12-13,18H,4-5,7-8,11H2,1H3;2*1H. The van der Waals surface area contributed by atoms with E-state index in [1.54, 1.807) is 34.0 Å². The Morgan fingerprint density at radius 1 is 1.33 bits per heavy atom. The number of piperidine rings is 1. The lowest BCUT2D eigenvalue weighted by Gasteiger charge is -2.32. The van der Waals surface area contributed by atoms with Gasteiger partial charge in [0.15, 0.2) is 0 Å². The smallest absolute Gasteiger partial charge is 0.294 e. The highest BCUT2D eigenvalue weighted by Crippen LogP contribution is 2.26. The van der Waals surface area contributed by atoms with E-state index < -0.39 is 4.92 Å².